The van der Waals surface area contributed by atoms with Gasteiger partial charge in [-0.3, -0.25) is 9.97 Å². The van der Waals surface area contributed by atoms with Crippen molar-refractivity contribution in [3.8, 4) is 0 Å². The molecule has 3 aromatic heterocycles. The molecule has 0 amide bonds. The highest BCUT2D eigenvalue weighted by Gasteiger charge is 2.35. The van der Waals surface area contributed by atoms with Gasteiger partial charge in [-0.25, -0.2) is 0 Å². The van der Waals surface area contributed by atoms with Crippen molar-refractivity contribution in [3.05, 3.63) is 144 Å². The number of benzene rings is 1. The third-order valence-electron chi connectivity index (χ3n) is 33.1. The molecule has 0 radical (unpaired) electrons. The quantitative estimate of drug-likeness (QED) is 0.0976. The first-order chi connectivity index (χ1) is 66.6. The van der Waals surface area contributed by atoms with Gasteiger partial charge in [0, 0.05) is 71.2 Å². The molecule has 4 unspecified atom stereocenters. The Balaban J connectivity index is -0.000000500. The van der Waals surface area contributed by atoms with Crippen molar-refractivity contribution in [2.24, 2.45) is 95.1 Å². The maximum absolute atomic E-state index is 4.25. The van der Waals surface area contributed by atoms with E-state index in [1.54, 1.807) is 0 Å². The number of hydrogen-bond donors (Lipinski definition) is 6. The van der Waals surface area contributed by atoms with Crippen molar-refractivity contribution in [2.75, 3.05) is 39.3 Å². The van der Waals surface area contributed by atoms with Gasteiger partial charge >= 0.3 is 0 Å². The van der Waals surface area contributed by atoms with Crippen molar-refractivity contribution in [1.82, 2.24) is 41.5 Å². The largest absolute Gasteiger partial charge is 0.365 e. The first kappa shape index (κ1) is 154. The van der Waals surface area contributed by atoms with Crippen LogP contribution in [0.4, 0.5) is 0 Å². The second-order valence-corrected chi connectivity index (χ2v) is 61.8. The highest BCUT2D eigenvalue weighted by molar-refractivity contribution is 5.30. The van der Waals surface area contributed by atoms with Crippen LogP contribution in [0.3, 0.4) is 0 Å². The highest BCUT2D eigenvalue weighted by atomic mass is 15.0. The van der Waals surface area contributed by atoms with E-state index in [0.29, 0.717) is 65.0 Å². The molecule has 10 fully saturated rings. The molecule has 5 saturated heterocycles. The van der Waals surface area contributed by atoms with Crippen molar-refractivity contribution in [2.45, 2.75) is 632 Å². The van der Waals surface area contributed by atoms with Crippen molar-refractivity contribution >= 4 is 0 Å². The average Bonchev–Trinajstić information content (AvgIpc) is 1.20. The average molecular weight is 2100 g/mol. The maximum Gasteiger partial charge on any atom is 0.0457 e. The van der Waals surface area contributed by atoms with Crippen LogP contribution in [0.5, 0.6) is 0 Å². The van der Waals surface area contributed by atoms with Gasteiger partial charge in [-0.2, -0.15) is 0 Å². The van der Waals surface area contributed by atoms with Crippen LogP contribution in [0, 0.1) is 95.1 Å². The fourth-order valence-electron chi connectivity index (χ4n) is 21.2. The Morgan fingerprint density at radius 1 is 0.227 bits per heavy atom. The van der Waals surface area contributed by atoms with Gasteiger partial charge in [-0.1, -0.05) is 512 Å². The van der Waals surface area contributed by atoms with Gasteiger partial charge in [0.15, 0.2) is 0 Å². The van der Waals surface area contributed by atoms with E-state index < -0.39 is 0 Å². The number of H-pyrrole nitrogens is 1. The predicted octanol–water partition coefficient (Wildman–Crippen LogP) is 43.8. The predicted molar refractivity (Wildman–Crippen MR) is 687 cm³/mol. The number of piperidine rings is 2. The summed E-state index contributed by atoms with van der Waals surface area (Å²) in [5, 5.41) is 17.4. The van der Waals surface area contributed by atoms with Crippen LogP contribution < -0.4 is 26.6 Å². The number of allylic oxidation sites excluding steroid dienone is 4. The van der Waals surface area contributed by atoms with E-state index in [2.05, 4.69) is 426 Å². The fourth-order valence-corrected chi connectivity index (χ4v) is 21.2. The summed E-state index contributed by atoms with van der Waals surface area (Å²) >= 11 is 0. The van der Waals surface area contributed by atoms with E-state index in [1.165, 1.54) is 293 Å². The molecule has 150 heavy (non-hydrogen) atoms. The van der Waals surface area contributed by atoms with Gasteiger partial charge in [-0.15, -0.1) is 0 Å². The minimum Gasteiger partial charge on any atom is -0.365 e. The second-order valence-electron chi connectivity index (χ2n) is 61.8. The first-order valence-electron chi connectivity index (χ1n) is 60.6. The molecule has 8 heterocycles. The topological polar surface area (TPSA) is 102 Å². The third-order valence-corrected chi connectivity index (χ3v) is 33.1. The summed E-state index contributed by atoms with van der Waals surface area (Å²) in [7, 11) is 0. The molecule has 5 aliphatic heterocycles. The lowest BCUT2D eigenvalue weighted by atomic mass is 9.69. The van der Waals surface area contributed by atoms with E-state index in [-0.39, 0.29) is 53.4 Å². The Labute approximate surface area is 945 Å². The van der Waals surface area contributed by atoms with Gasteiger partial charge in [0.25, 0.3) is 0 Å². The summed E-state index contributed by atoms with van der Waals surface area (Å²) in [4.78, 5) is 11.4. The Kier molecular flexibility index (Phi) is 76.7. The Morgan fingerprint density at radius 3 is 0.720 bits per heavy atom. The molecule has 8 nitrogen and oxygen atoms in total. The summed E-state index contributed by atoms with van der Waals surface area (Å²) in [5.74, 6) is 5.96. The van der Waals surface area contributed by atoms with Gasteiger partial charge in [0.2, 0.25) is 0 Å². The Morgan fingerprint density at radius 2 is 0.513 bits per heavy atom. The summed E-state index contributed by atoms with van der Waals surface area (Å²) in [6.07, 6.45) is 67.3. The summed E-state index contributed by atoms with van der Waals surface area (Å²) in [6.45, 7) is 111. The Hall–Kier alpha value is -3.92. The van der Waals surface area contributed by atoms with Gasteiger partial charge in [0.1, 0.15) is 0 Å². The molecule has 1 aromatic carbocycles. The molecule has 5 saturated carbocycles. The van der Waals surface area contributed by atoms with Crippen LogP contribution in [0.2, 0.25) is 0 Å². The molecular weight excluding hydrogens is 1820 g/mol. The van der Waals surface area contributed by atoms with Gasteiger partial charge in [0.05, 0.1) is 0 Å². The number of rotatable bonds is 0. The van der Waals surface area contributed by atoms with Crippen LogP contribution in [-0.2, 0) is 21.7 Å². The summed E-state index contributed by atoms with van der Waals surface area (Å²) in [6, 6.07) is 27.9. The molecule has 15 rings (SSSR count). The van der Waals surface area contributed by atoms with Crippen LogP contribution in [0.25, 0.3) is 0 Å². The zero-order chi connectivity index (χ0) is 111. The summed E-state index contributed by atoms with van der Waals surface area (Å²) in [5.41, 5.74) is 13.3. The standard InChI is InChI=1S/2C11H22.C10H21N.C10H20.C10H14.C9H19N.C9H13N.C9H19N.C9H13N.C9H18.C9H14.C8H17N.C8H13N.C8H16.C7H15N.5CH4/c2*1-11(2,3)10-8-6-4-5-7-9-10;1-10(2,3)9-7-5-4-6-8-11-9;2*1-10(2,3)9-7-5-4-6-8-9;2*1-9(2,3)8-4-6-10-7-5-8;2*1-9(2,3)8-6-4-5-7-10-8;2*1-9(2,3)8-6-4-5-7-8;2*1-8(2,3)7-5-4-6-9-7;1-8(2,3)7-5-4-6-7;1-7(2,3)6-4-5-8-6;;;;;/h2*10H,4-9H2,1-3H3;9,11H,4-8H2,1-3H3;9H,4-8H2,1-3H3;4-8H,1-3H3;8,10H,4-7H2,1-3H3;4-7H,1-3H3;8,10H,4-7H2,1-3H3;4-7H,1-3H3;8H,4-7H2,1-3H3;4,6-7H,5H2,1-3H3;7,9H,4-6H2,1-3H3;4-6,9H,1-3H3;7H,4-6H2,1-3H3;6,8H,4-5H2,1-3H3;5*1H4. The third kappa shape index (κ3) is 72.9. The van der Waals surface area contributed by atoms with Gasteiger partial charge in [-0.05, 0) is 327 Å². The number of hydrogen-bond acceptors (Lipinski definition) is 7. The molecule has 6 N–H and O–H groups in total. The van der Waals surface area contributed by atoms with E-state index >= 15 is 0 Å². The minimum atomic E-state index is 0. The number of aromatic amines is 1. The number of aromatic nitrogens is 3. The number of pyridine rings is 2. The molecule has 4 atom stereocenters. The van der Waals surface area contributed by atoms with Crippen molar-refractivity contribution < 1.29 is 0 Å². The van der Waals surface area contributed by atoms with Gasteiger partial charge < -0.3 is 31.6 Å². The normalized spacial score (nSPS) is 20.5. The molecule has 0 spiro atoms. The lowest BCUT2D eigenvalue weighted by Crippen LogP contribution is -2.50. The van der Waals surface area contributed by atoms with Crippen LogP contribution in [0.15, 0.2) is 121 Å². The minimum absolute atomic E-state index is 0. The number of nitrogens with zero attached hydrogens (tertiary/aromatic N) is 2. The number of nitrogens with one attached hydrogen (secondary N) is 6. The van der Waals surface area contributed by atoms with E-state index in [1.807, 2.05) is 43.0 Å². The van der Waals surface area contributed by atoms with E-state index in [9.17, 15) is 0 Å². The maximum atomic E-state index is 4.25. The lowest BCUT2D eigenvalue weighted by molar-refractivity contribution is 0.141. The molecule has 11 aliphatic rings. The van der Waals surface area contributed by atoms with Crippen LogP contribution in [-0.4, -0.2) is 78.4 Å². The van der Waals surface area contributed by atoms with Crippen LogP contribution in [0.1, 0.15) is 609 Å². The molecular formula is C142H276N8. The lowest BCUT2D eigenvalue weighted by Gasteiger charge is -2.38. The van der Waals surface area contributed by atoms with Crippen molar-refractivity contribution in [1.29, 1.82) is 0 Å². The highest BCUT2D eigenvalue weighted by Crippen LogP contribution is 2.44. The molecule has 8 heteroatoms. The molecule has 884 valence electrons. The SMILES string of the molecule is C.C.C.C.C.CC(C)(C)C1=CCC=C1.CC(C)(C)C1CCC1.CC(C)(C)C1CCCC1.CC(C)(C)C1CCCCC1.CC(C)(C)C1CCCCCC1.CC(C)(C)C1CCCCCC1.CC(C)(C)C1CCCCCN1.CC(C)(C)C1CCCCN1.CC(C)(C)C1CCCN1.CC(C)(C)C1CCN1.CC(C)(C)C1CCNCC1.CC(C)(C)c1ccc[nH]1.CC(C)(C)c1ccccc1.CC(C)(C)c1ccccn1.CC(C)(C)c1ccncc1. The van der Waals surface area contributed by atoms with Crippen molar-refractivity contribution in [3.63, 3.8) is 0 Å². The second kappa shape index (κ2) is 74.5. The van der Waals surface area contributed by atoms with E-state index in [4.69, 9.17) is 0 Å². The smallest absolute Gasteiger partial charge is 0.0457 e. The first-order valence-corrected chi connectivity index (χ1v) is 60.6. The summed E-state index contributed by atoms with van der Waals surface area (Å²) < 4.78 is 0. The van der Waals surface area contributed by atoms with Crippen LogP contribution >= 0.6 is 0 Å². The molecule has 4 aromatic rings. The molecule has 6 aliphatic carbocycles. The zero-order valence-electron chi connectivity index (χ0n) is 106. The monoisotopic (exact) mass is 2090 g/mol. The zero-order valence-corrected chi connectivity index (χ0v) is 106. The molecule has 0 bridgehead atoms. The fraction of sp³-hybridized carbons (Fsp3) is 0.831. The van der Waals surface area contributed by atoms with E-state index in [0.717, 1.165) is 71.8 Å². The Bertz CT molecular complexity index is 3460.